The van der Waals surface area contributed by atoms with Crippen LogP contribution in [0.3, 0.4) is 0 Å². The molecule has 4 heteroatoms. The standard InChI is InChI=1S/C17H20N2O2/c1-12-9-15(17(18)20)7-8-16(12)19-10-13-3-5-14(6-4-13)11-21-2/h3-9,19H,10-11H2,1-2H3,(H2,18,20). The molecular weight excluding hydrogens is 264 g/mol. The summed E-state index contributed by atoms with van der Waals surface area (Å²) in [6.07, 6.45) is 0. The second kappa shape index (κ2) is 6.90. The van der Waals surface area contributed by atoms with Crippen LogP contribution in [0.4, 0.5) is 5.69 Å². The molecule has 0 unspecified atom stereocenters. The second-order valence-corrected chi connectivity index (χ2v) is 5.00. The van der Waals surface area contributed by atoms with Gasteiger partial charge in [-0.05, 0) is 41.8 Å². The maximum Gasteiger partial charge on any atom is 0.248 e. The van der Waals surface area contributed by atoms with Crippen LogP contribution in [0.2, 0.25) is 0 Å². The molecule has 2 aromatic carbocycles. The molecule has 0 aromatic heterocycles. The van der Waals surface area contributed by atoms with E-state index in [0.29, 0.717) is 12.2 Å². The predicted octanol–water partition coefficient (Wildman–Crippen LogP) is 2.85. The fraction of sp³-hybridized carbons (Fsp3) is 0.235. The van der Waals surface area contributed by atoms with Crippen molar-refractivity contribution in [1.82, 2.24) is 0 Å². The van der Waals surface area contributed by atoms with Crippen LogP contribution in [0.5, 0.6) is 0 Å². The molecule has 0 bridgehead atoms. The Morgan fingerprint density at radius 3 is 2.38 bits per heavy atom. The minimum Gasteiger partial charge on any atom is -0.381 e. The monoisotopic (exact) mass is 284 g/mol. The van der Waals surface area contributed by atoms with Crippen molar-refractivity contribution in [3.63, 3.8) is 0 Å². The van der Waals surface area contributed by atoms with Crippen molar-refractivity contribution in [2.75, 3.05) is 12.4 Å². The van der Waals surface area contributed by atoms with E-state index in [4.69, 9.17) is 10.5 Å². The number of primary amides is 1. The fourth-order valence-electron chi connectivity index (χ4n) is 2.13. The average molecular weight is 284 g/mol. The Balaban J connectivity index is 2.01. The van der Waals surface area contributed by atoms with E-state index in [9.17, 15) is 4.79 Å². The number of hydrogen-bond donors (Lipinski definition) is 2. The molecule has 110 valence electrons. The zero-order valence-electron chi connectivity index (χ0n) is 12.3. The molecule has 0 spiro atoms. The number of carbonyl (C=O) groups is 1. The molecule has 3 N–H and O–H groups in total. The molecule has 0 aliphatic heterocycles. The van der Waals surface area contributed by atoms with E-state index in [1.54, 1.807) is 19.2 Å². The average Bonchev–Trinajstić information content (AvgIpc) is 2.47. The van der Waals surface area contributed by atoms with Crippen LogP contribution in [0, 0.1) is 6.92 Å². The van der Waals surface area contributed by atoms with E-state index < -0.39 is 5.91 Å². The molecule has 4 nitrogen and oxygen atoms in total. The largest absolute Gasteiger partial charge is 0.381 e. The lowest BCUT2D eigenvalue weighted by Crippen LogP contribution is -2.11. The highest BCUT2D eigenvalue weighted by Gasteiger charge is 2.04. The van der Waals surface area contributed by atoms with E-state index >= 15 is 0 Å². The number of nitrogens with one attached hydrogen (secondary N) is 1. The van der Waals surface area contributed by atoms with Gasteiger partial charge in [-0.25, -0.2) is 0 Å². The number of nitrogens with two attached hydrogens (primary N) is 1. The van der Waals surface area contributed by atoms with E-state index in [1.807, 2.05) is 13.0 Å². The van der Waals surface area contributed by atoms with Crippen LogP contribution in [0.25, 0.3) is 0 Å². The highest BCUT2D eigenvalue weighted by molar-refractivity contribution is 5.93. The quantitative estimate of drug-likeness (QED) is 0.857. The van der Waals surface area contributed by atoms with Crippen molar-refractivity contribution >= 4 is 11.6 Å². The fourth-order valence-corrected chi connectivity index (χ4v) is 2.13. The minimum atomic E-state index is -0.404. The van der Waals surface area contributed by atoms with E-state index in [0.717, 1.165) is 23.4 Å². The molecule has 0 aliphatic rings. The summed E-state index contributed by atoms with van der Waals surface area (Å²) < 4.78 is 5.09. The normalized spacial score (nSPS) is 10.4. The van der Waals surface area contributed by atoms with Gasteiger partial charge in [0, 0.05) is 24.9 Å². The molecule has 2 aromatic rings. The summed E-state index contributed by atoms with van der Waals surface area (Å²) >= 11 is 0. The molecule has 0 fully saturated rings. The van der Waals surface area contributed by atoms with Crippen molar-refractivity contribution in [3.05, 3.63) is 64.7 Å². The van der Waals surface area contributed by atoms with Gasteiger partial charge in [-0.2, -0.15) is 0 Å². The number of carbonyl (C=O) groups excluding carboxylic acids is 1. The zero-order valence-corrected chi connectivity index (χ0v) is 12.3. The van der Waals surface area contributed by atoms with Crippen molar-refractivity contribution < 1.29 is 9.53 Å². The third kappa shape index (κ3) is 4.07. The Morgan fingerprint density at radius 2 is 1.81 bits per heavy atom. The first-order valence-electron chi connectivity index (χ1n) is 6.81. The van der Waals surface area contributed by atoms with Gasteiger partial charge in [0.25, 0.3) is 0 Å². The third-order valence-electron chi connectivity index (χ3n) is 3.33. The van der Waals surface area contributed by atoms with Crippen LogP contribution in [-0.4, -0.2) is 13.0 Å². The molecule has 2 rings (SSSR count). The zero-order chi connectivity index (χ0) is 15.2. The van der Waals surface area contributed by atoms with Crippen LogP contribution in [0.1, 0.15) is 27.0 Å². The summed E-state index contributed by atoms with van der Waals surface area (Å²) in [5.41, 5.74) is 10.1. The maximum atomic E-state index is 11.1. The highest BCUT2D eigenvalue weighted by atomic mass is 16.5. The molecule has 0 atom stereocenters. The number of anilines is 1. The summed E-state index contributed by atoms with van der Waals surface area (Å²) in [5.74, 6) is -0.404. The second-order valence-electron chi connectivity index (χ2n) is 5.00. The van der Waals surface area contributed by atoms with Crippen molar-refractivity contribution in [1.29, 1.82) is 0 Å². The van der Waals surface area contributed by atoms with Crippen molar-refractivity contribution in [2.45, 2.75) is 20.1 Å². The number of hydrogen-bond acceptors (Lipinski definition) is 3. The molecule has 0 saturated heterocycles. The van der Waals surface area contributed by atoms with Crippen LogP contribution in [-0.2, 0) is 17.9 Å². The smallest absolute Gasteiger partial charge is 0.248 e. The summed E-state index contributed by atoms with van der Waals surface area (Å²) in [4.78, 5) is 11.1. The summed E-state index contributed by atoms with van der Waals surface area (Å²) in [5, 5.41) is 3.36. The number of methoxy groups -OCH3 is 1. The molecule has 0 heterocycles. The predicted molar refractivity (Wildman–Crippen MR) is 84.2 cm³/mol. The number of aryl methyl sites for hydroxylation is 1. The van der Waals surface area contributed by atoms with Gasteiger partial charge in [-0.1, -0.05) is 24.3 Å². The van der Waals surface area contributed by atoms with Crippen LogP contribution >= 0.6 is 0 Å². The lowest BCUT2D eigenvalue weighted by atomic mass is 10.1. The Labute approximate surface area is 124 Å². The third-order valence-corrected chi connectivity index (χ3v) is 3.33. The molecule has 1 amide bonds. The van der Waals surface area contributed by atoms with Crippen molar-refractivity contribution in [3.8, 4) is 0 Å². The molecule has 21 heavy (non-hydrogen) atoms. The molecule has 0 aliphatic carbocycles. The summed E-state index contributed by atoms with van der Waals surface area (Å²) in [6.45, 7) is 3.31. The molecule has 0 saturated carbocycles. The lowest BCUT2D eigenvalue weighted by Gasteiger charge is -2.11. The Bertz CT molecular complexity index is 621. The maximum absolute atomic E-state index is 11.1. The first-order valence-corrected chi connectivity index (χ1v) is 6.81. The Hall–Kier alpha value is -2.33. The van der Waals surface area contributed by atoms with Gasteiger partial charge in [0.05, 0.1) is 6.61 Å². The molecular formula is C17H20N2O2. The summed E-state index contributed by atoms with van der Waals surface area (Å²) in [7, 11) is 1.69. The van der Waals surface area contributed by atoms with E-state index in [1.165, 1.54) is 5.56 Å². The van der Waals surface area contributed by atoms with E-state index in [2.05, 4.69) is 29.6 Å². The van der Waals surface area contributed by atoms with Gasteiger partial charge in [-0.3, -0.25) is 4.79 Å². The van der Waals surface area contributed by atoms with Crippen LogP contribution in [0.15, 0.2) is 42.5 Å². The Kier molecular flexibility index (Phi) is 4.95. The number of rotatable bonds is 6. The lowest BCUT2D eigenvalue weighted by molar-refractivity contribution is 0.1000. The Morgan fingerprint density at radius 1 is 1.14 bits per heavy atom. The van der Waals surface area contributed by atoms with Gasteiger partial charge >= 0.3 is 0 Å². The van der Waals surface area contributed by atoms with E-state index in [-0.39, 0.29) is 0 Å². The summed E-state index contributed by atoms with van der Waals surface area (Å²) in [6, 6.07) is 13.7. The first kappa shape index (κ1) is 15.1. The number of ether oxygens (including phenoxy) is 1. The van der Waals surface area contributed by atoms with Gasteiger partial charge in [0.1, 0.15) is 0 Å². The highest BCUT2D eigenvalue weighted by Crippen LogP contribution is 2.17. The number of amides is 1. The SMILES string of the molecule is COCc1ccc(CNc2ccc(C(N)=O)cc2C)cc1. The van der Waals surface area contributed by atoms with Gasteiger partial charge < -0.3 is 15.8 Å². The van der Waals surface area contributed by atoms with Crippen molar-refractivity contribution in [2.24, 2.45) is 5.73 Å². The topological polar surface area (TPSA) is 64.3 Å². The minimum absolute atomic E-state index is 0.404. The first-order chi connectivity index (χ1) is 10.1. The molecule has 0 radical (unpaired) electrons. The van der Waals surface area contributed by atoms with Gasteiger partial charge in [0.2, 0.25) is 5.91 Å². The van der Waals surface area contributed by atoms with Gasteiger partial charge in [-0.15, -0.1) is 0 Å². The number of benzene rings is 2. The van der Waals surface area contributed by atoms with Crippen LogP contribution < -0.4 is 11.1 Å². The van der Waals surface area contributed by atoms with Gasteiger partial charge in [0.15, 0.2) is 0 Å².